The molecule has 0 spiro atoms. The third kappa shape index (κ3) is 3.40. The molecular weight excluding hydrogens is 280 g/mol. The van der Waals surface area contributed by atoms with Crippen molar-refractivity contribution in [3.63, 3.8) is 0 Å². The van der Waals surface area contributed by atoms with Gasteiger partial charge in [0, 0.05) is 11.1 Å². The highest BCUT2D eigenvalue weighted by Crippen LogP contribution is 2.15. The Morgan fingerprint density at radius 2 is 1.95 bits per heavy atom. The number of aromatic nitrogens is 1. The third-order valence-electron chi connectivity index (χ3n) is 2.87. The minimum atomic E-state index is -3.47. The summed E-state index contributed by atoms with van der Waals surface area (Å²) in [5.74, 6) is 0. The Morgan fingerprint density at radius 1 is 1.21 bits per heavy atom. The molecule has 0 unspecified atom stereocenters. The number of thiazole rings is 1. The fourth-order valence-corrected chi connectivity index (χ4v) is 3.48. The average molecular weight is 296 g/mol. The van der Waals surface area contributed by atoms with Crippen LogP contribution in [0.25, 0.3) is 0 Å². The van der Waals surface area contributed by atoms with Crippen molar-refractivity contribution in [2.45, 2.75) is 32.2 Å². The van der Waals surface area contributed by atoms with Crippen molar-refractivity contribution in [1.82, 2.24) is 9.71 Å². The smallest absolute Gasteiger partial charge is 0.240 e. The predicted octanol–water partition coefficient (Wildman–Crippen LogP) is 2.55. The van der Waals surface area contributed by atoms with E-state index in [2.05, 4.69) is 9.71 Å². The van der Waals surface area contributed by atoms with E-state index >= 15 is 0 Å². The lowest BCUT2D eigenvalue weighted by Gasteiger charge is -2.07. The minimum Gasteiger partial charge on any atom is -0.245 e. The zero-order valence-corrected chi connectivity index (χ0v) is 12.7. The first-order valence-electron chi connectivity index (χ1n) is 5.86. The molecule has 102 valence electrons. The van der Waals surface area contributed by atoms with Gasteiger partial charge in [-0.05, 0) is 44.0 Å². The van der Waals surface area contributed by atoms with Crippen LogP contribution in [0, 0.1) is 20.8 Å². The first kappa shape index (κ1) is 14.2. The van der Waals surface area contributed by atoms with Gasteiger partial charge in [0.05, 0.1) is 11.4 Å². The van der Waals surface area contributed by atoms with E-state index in [1.807, 2.05) is 32.2 Å². The van der Waals surface area contributed by atoms with Gasteiger partial charge >= 0.3 is 0 Å². The Labute approximate surface area is 117 Å². The first-order valence-corrected chi connectivity index (χ1v) is 8.23. The van der Waals surface area contributed by atoms with Crippen LogP contribution in [0.3, 0.4) is 0 Å². The van der Waals surface area contributed by atoms with Crippen LogP contribution in [0.5, 0.6) is 0 Å². The highest BCUT2D eigenvalue weighted by Gasteiger charge is 2.15. The van der Waals surface area contributed by atoms with Gasteiger partial charge in [0.2, 0.25) is 10.0 Å². The van der Waals surface area contributed by atoms with Gasteiger partial charge < -0.3 is 0 Å². The summed E-state index contributed by atoms with van der Waals surface area (Å²) in [6, 6.07) is 5.12. The van der Waals surface area contributed by atoms with E-state index in [4.69, 9.17) is 0 Å². The number of sulfonamides is 1. The maximum atomic E-state index is 12.1. The van der Waals surface area contributed by atoms with Crippen molar-refractivity contribution < 1.29 is 8.42 Å². The van der Waals surface area contributed by atoms with Crippen molar-refractivity contribution in [1.29, 1.82) is 0 Å². The maximum Gasteiger partial charge on any atom is 0.240 e. The van der Waals surface area contributed by atoms with E-state index in [1.165, 1.54) is 11.3 Å². The molecule has 0 radical (unpaired) electrons. The van der Waals surface area contributed by atoms with Crippen LogP contribution in [0.15, 0.2) is 28.5 Å². The van der Waals surface area contributed by atoms with Crippen LogP contribution in [-0.4, -0.2) is 13.4 Å². The number of hydrogen-bond acceptors (Lipinski definition) is 4. The first-order chi connectivity index (χ1) is 8.88. The summed E-state index contributed by atoms with van der Waals surface area (Å²) in [6.07, 6.45) is 0. The fraction of sp³-hybridized carbons (Fsp3) is 0.308. The Morgan fingerprint density at radius 3 is 2.53 bits per heavy atom. The zero-order chi connectivity index (χ0) is 14.0. The standard InChI is InChI=1S/C13H16N2O2S2/c1-9-4-5-12(6-10(9)2)19(16,17)14-7-13-15-11(3)8-18-13/h4-6,8,14H,7H2,1-3H3. The molecule has 2 rings (SSSR count). The van der Waals surface area contributed by atoms with Gasteiger partial charge in [-0.25, -0.2) is 18.1 Å². The Bertz CT molecular complexity index is 690. The van der Waals surface area contributed by atoms with Crippen molar-refractivity contribution in [3.8, 4) is 0 Å². The maximum absolute atomic E-state index is 12.1. The van der Waals surface area contributed by atoms with Crippen LogP contribution in [-0.2, 0) is 16.6 Å². The summed E-state index contributed by atoms with van der Waals surface area (Å²) in [5.41, 5.74) is 2.95. The third-order valence-corrected chi connectivity index (χ3v) is 5.23. The second kappa shape index (κ2) is 5.40. The molecule has 0 atom stereocenters. The molecule has 0 aliphatic carbocycles. The van der Waals surface area contributed by atoms with Crippen molar-refractivity contribution in [3.05, 3.63) is 45.4 Å². The van der Waals surface area contributed by atoms with E-state index in [0.29, 0.717) is 4.90 Å². The SMILES string of the molecule is Cc1csc(CNS(=O)(=O)c2ccc(C)c(C)c2)n1. The lowest BCUT2D eigenvalue weighted by Crippen LogP contribution is -2.23. The normalized spacial score (nSPS) is 11.7. The topological polar surface area (TPSA) is 59.1 Å². The second-order valence-corrected chi connectivity index (χ2v) is 7.16. The lowest BCUT2D eigenvalue weighted by atomic mass is 10.1. The molecule has 2 aromatic rings. The molecular formula is C13H16N2O2S2. The molecule has 1 N–H and O–H groups in total. The van der Waals surface area contributed by atoms with E-state index in [1.54, 1.807) is 12.1 Å². The van der Waals surface area contributed by atoms with Crippen LogP contribution in [0.4, 0.5) is 0 Å². The van der Waals surface area contributed by atoms with Gasteiger partial charge in [-0.2, -0.15) is 0 Å². The van der Waals surface area contributed by atoms with E-state index in [0.717, 1.165) is 21.8 Å². The number of nitrogens with one attached hydrogen (secondary N) is 1. The predicted molar refractivity (Wildman–Crippen MR) is 76.8 cm³/mol. The fourth-order valence-electron chi connectivity index (χ4n) is 1.61. The molecule has 0 saturated carbocycles. The Hall–Kier alpha value is -1.24. The van der Waals surface area contributed by atoms with Crippen LogP contribution in [0.1, 0.15) is 21.8 Å². The number of nitrogens with zero attached hydrogens (tertiary/aromatic N) is 1. The van der Waals surface area contributed by atoms with E-state index in [-0.39, 0.29) is 6.54 Å². The van der Waals surface area contributed by atoms with Gasteiger partial charge in [0.1, 0.15) is 5.01 Å². The van der Waals surface area contributed by atoms with Crippen molar-refractivity contribution in [2.24, 2.45) is 0 Å². The van der Waals surface area contributed by atoms with Crippen LogP contribution < -0.4 is 4.72 Å². The molecule has 1 aromatic carbocycles. The van der Waals surface area contributed by atoms with Gasteiger partial charge in [-0.15, -0.1) is 11.3 Å². The average Bonchev–Trinajstić information content (AvgIpc) is 2.76. The highest BCUT2D eigenvalue weighted by atomic mass is 32.2. The van der Waals surface area contributed by atoms with Gasteiger partial charge in [-0.1, -0.05) is 6.07 Å². The zero-order valence-electron chi connectivity index (χ0n) is 11.1. The second-order valence-electron chi connectivity index (χ2n) is 4.45. The molecule has 0 bridgehead atoms. The quantitative estimate of drug-likeness (QED) is 0.943. The molecule has 19 heavy (non-hydrogen) atoms. The summed E-state index contributed by atoms with van der Waals surface area (Å²) in [5, 5.41) is 2.67. The monoisotopic (exact) mass is 296 g/mol. The van der Waals surface area contributed by atoms with Gasteiger partial charge in [0.25, 0.3) is 0 Å². The molecule has 1 aromatic heterocycles. The Kier molecular flexibility index (Phi) is 4.03. The number of rotatable bonds is 4. The molecule has 0 saturated heterocycles. The molecule has 6 heteroatoms. The summed E-state index contributed by atoms with van der Waals surface area (Å²) in [6.45, 7) is 5.97. The van der Waals surface area contributed by atoms with E-state index in [9.17, 15) is 8.42 Å². The molecule has 1 heterocycles. The van der Waals surface area contributed by atoms with E-state index < -0.39 is 10.0 Å². The molecule has 4 nitrogen and oxygen atoms in total. The Balaban J connectivity index is 2.16. The minimum absolute atomic E-state index is 0.230. The molecule has 0 amide bonds. The number of benzene rings is 1. The van der Waals surface area contributed by atoms with Crippen molar-refractivity contribution >= 4 is 21.4 Å². The number of aryl methyl sites for hydroxylation is 3. The summed E-state index contributed by atoms with van der Waals surface area (Å²) >= 11 is 1.45. The largest absolute Gasteiger partial charge is 0.245 e. The lowest BCUT2D eigenvalue weighted by molar-refractivity contribution is 0.581. The summed E-state index contributed by atoms with van der Waals surface area (Å²) in [4.78, 5) is 4.53. The molecule has 0 aliphatic heterocycles. The highest BCUT2D eigenvalue weighted by molar-refractivity contribution is 7.89. The van der Waals surface area contributed by atoms with Crippen molar-refractivity contribution in [2.75, 3.05) is 0 Å². The summed E-state index contributed by atoms with van der Waals surface area (Å²) in [7, 11) is -3.47. The summed E-state index contributed by atoms with van der Waals surface area (Å²) < 4.78 is 26.9. The van der Waals surface area contributed by atoms with Gasteiger partial charge in [-0.3, -0.25) is 0 Å². The van der Waals surface area contributed by atoms with Gasteiger partial charge in [0.15, 0.2) is 0 Å². The number of hydrogen-bond donors (Lipinski definition) is 1. The molecule has 0 aliphatic rings. The molecule has 0 fully saturated rings. The van der Waals surface area contributed by atoms with Crippen LogP contribution in [0.2, 0.25) is 0 Å². The van der Waals surface area contributed by atoms with Crippen LogP contribution >= 0.6 is 11.3 Å².